The van der Waals surface area contributed by atoms with Crippen molar-refractivity contribution in [3.8, 4) is 0 Å². The standard InChI is InChI=1S/C11H13BrClNO3S/c12-7-9-8-14(5-6-17-9)18(15,16)11-4-2-1-3-10(11)13/h1-4,9H,5-8H2. The topological polar surface area (TPSA) is 46.6 Å². The number of nitrogens with zero attached hydrogens (tertiary/aromatic N) is 1. The Hall–Kier alpha value is -0.140. The molecule has 1 fully saturated rings. The van der Waals surface area contributed by atoms with Gasteiger partial charge in [0.05, 0.1) is 17.7 Å². The summed E-state index contributed by atoms with van der Waals surface area (Å²) in [5.74, 6) is 0. The van der Waals surface area contributed by atoms with E-state index in [0.29, 0.717) is 25.0 Å². The summed E-state index contributed by atoms with van der Waals surface area (Å²) in [4.78, 5) is 0.155. The molecule has 1 aliphatic rings. The molecular formula is C11H13BrClNO3S. The van der Waals surface area contributed by atoms with Crippen molar-refractivity contribution in [3.63, 3.8) is 0 Å². The number of hydrogen-bond acceptors (Lipinski definition) is 3. The number of morpholine rings is 1. The number of ether oxygens (including phenoxy) is 1. The summed E-state index contributed by atoms with van der Waals surface area (Å²) >= 11 is 9.26. The van der Waals surface area contributed by atoms with Gasteiger partial charge >= 0.3 is 0 Å². The molecule has 1 aliphatic heterocycles. The fraction of sp³-hybridized carbons (Fsp3) is 0.455. The lowest BCUT2D eigenvalue weighted by Crippen LogP contribution is -2.46. The molecule has 0 aromatic heterocycles. The SMILES string of the molecule is O=S(=O)(c1ccccc1Cl)N1CCOC(CBr)C1. The van der Waals surface area contributed by atoms with E-state index in [-0.39, 0.29) is 16.0 Å². The minimum Gasteiger partial charge on any atom is -0.375 e. The van der Waals surface area contributed by atoms with Gasteiger partial charge in [-0.25, -0.2) is 8.42 Å². The van der Waals surface area contributed by atoms with E-state index in [2.05, 4.69) is 15.9 Å². The molecule has 1 unspecified atom stereocenters. The Bertz CT molecular complexity index is 523. The first kappa shape index (κ1) is 14.3. The van der Waals surface area contributed by atoms with E-state index < -0.39 is 10.0 Å². The first-order valence-electron chi connectivity index (χ1n) is 5.48. The smallest absolute Gasteiger partial charge is 0.244 e. The van der Waals surface area contributed by atoms with Gasteiger partial charge in [0.2, 0.25) is 10.0 Å². The number of rotatable bonds is 3. The highest BCUT2D eigenvalue weighted by atomic mass is 79.9. The molecule has 1 aromatic rings. The van der Waals surface area contributed by atoms with Gasteiger partial charge in [-0.1, -0.05) is 39.7 Å². The first-order valence-corrected chi connectivity index (χ1v) is 8.42. The molecule has 1 atom stereocenters. The van der Waals surface area contributed by atoms with Crippen molar-refractivity contribution in [2.75, 3.05) is 25.0 Å². The maximum Gasteiger partial charge on any atom is 0.244 e. The Labute approximate surface area is 120 Å². The van der Waals surface area contributed by atoms with Crippen molar-refractivity contribution in [3.05, 3.63) is 29.3 Å². The lowest BCUT2D eigenvalue weighted by atomic mass is 10.3. The van der Waals surface area contributed by atoms with E-state index in [0.717, 1.165) is 0 Å². The summed E-state index contributed by atoms with van der Waals surface area (Å²) in [7, 11) is -3.54. The molecule has 0 radical (unpaired) electrons. The Morgan fingerprint density at radius 1 is 1.44 bits per heavy atom. The zero-order chi connectivity index (χ0) is 13.2. The van der Waals surface area contributed by atoms with Crippen molar-refractivity contribution in [2.24, 2.45) is 0 Å². The van der Waals surface area contributed by atoms with Crippen molar-refractivity contribution in [1.29, 1.82) is 0 Å². The van der Waals surface area contributed by atoms with Gasteiger partial charge in [0, 0.05) is 18.4 Å². The van der Waals surface area contributed by atoms with Crippen molar-refractivity contribution in [1.82, 2.24) is 4.31 Å². The van der Waals surface area contributed by atoms with Crippen LogP contribution in [0.15, 0.2) is 29.2 Å². The largest absolute Gasteiger partial charge is 0.375 e. The predicted octanol–water partition coefficient (Wildman–Crippen LogP) is 2.12. The van der Waals surface area contributed by atoms with Gasteiger partial charge in [0.15, 0.2) is 0 Å². The van der Waals surface area contributed by atoms with E-state index >= 15 is 0 Å². The van der Waals surface area contributed by atoms with Gasteiger partial charge in [0.25, 0.3) is 0 Å². The third-order valence-corrected chi connectivity index (χ3v) is 5.82. The second-order valence-electron chi connectivity index (χ2n) is 3.94. The summed E-state index contributed by atoms with van der Waals surface area (Å²) in [5, 5.41) is 0.862. The number of sulfonamides is 1. The van der Waals surface area contributed by atoms with Gasteiger partial charge < -0.3 is 4.74 Å². The zero-order valence-corrected chi connectivity index (χ0v) is 12.7. The zero-order valence-electron chi connectivity index (χ0n) is 9.55. The van der Waals surface area contributed by atoms with Crippen LogP contribution in [0.4, 0.5) is 0 Å². The van der Waals surface area contributed by atoms with Crippen LogP contribution in [0.5, 0.6) is 0 Å². The fourth-order valence-electron chi connectivity index (χ4n) is 1.80. The second-order valence-corrected chi connectivity index (χ2v) is 6.90. The van der Waals surface area contributed by atoms with Crippen LogP contribution in [0.2, 0.25) is 5.02 Å². The summed E-state index contributed by atoms with van der Waals surface area (Å²) in [5.41, 5.74) is 0. The molecule has 1 aromatic carbocycles. The third kappa shape index (κ3) is 2.88. The molecular weight excluding hydrogens is 342 g/mol. The molecule has 0 spiro atoms. The van der Waals surface area contributed by atoms with Crippen LogP contribution in [0.25, 0.3) is 0 Å². The van der Waals surface area contributed by atoms with E-state index in [1.165, 1.54) is 10.4 Å². The maximum atomic E-state index is 12.4. The lowest BCUT2D eigenvalue weighted by molar-refractivity contribution is 0.0137. The number of halogens is 2. The normalized spacial score (nSPS) is 22.0. The summed E-state index contributed by atoms with van der Waals surface area (Å²) in [6.45, 7) is 1.11. The predicted molar refractivity (Wildman–Crippen MR) is 73.7 cm³/mol. The van der Waals surface area contributed by atoms with Gasteiger partial charge in [-0.15, -0.1) is 0 Å². The molecule has 0 bridgehead atoms. The molecule has 0 saturated carbocycles. The van der Waals surface area contributed by atoms with Crippen LogP contribution in [0.3, 0.4) is 0 Å². The van der Waals surface area contributed by atoms with Crippen molar-refractivity contribution < 1.29 is 13.2 Å². The summed E-state index contributed by atoms with van der Waals surface area (Å²) in [6, 6.07) is 6.48. The van der Waals surface area contributed by atoms with E-state index in [1.54, 1.807) is 18.2 Å². The molecule has 7 heteroatoms. The number of benzene rings is 1. The minimum absolute atomic E-state index is 0.115. The maximum absolute atomic E-state index is 12.4. The van der Waals surface area contributed by atoms with E-state index in [4.69, 9.17) is 16.3 Å². The molecule has 1 saturated heterocycles. The van der Waals surface area contributed by atoms with Crippen LogP contribution >= 0.6 is 27.5 Å². The average molecular weight is 355 g/mol. The van der Waals surface area contributed by atoms with Crippen molar-refractivity contribution in [2.45, 2.75) is 11.0 Å². The molecule has 18 heavy (non-hydrogen) atoms. The van der Waals surface area contributed by atoms with Gasteiger partial charge in [-0.2, -0.15) is 4.31 Å². The highest BCUT2D eigenvalue weighted by Crippen LogP contribution is 2.25. The molecule has 0 amide bonds. The molecule has 4 nitrogen and oxygen atoms in total. The number of alkyl halides is 1. The Morgan fingerprint density at radius 2 is 2.17 bits per heavy atom. The molecule has 100 valence electrons. The van der Waals surface area contributed by atoms with Crippen LogP contribution in [0.1, 0.15) is 0 Å². The van der Waals surface area contributed by atoms with Crippen molar-refractivity contribution >= 4 is 37.6 Å². The van der Waals surface area contributed by atoms with Gasteiger partial charge in [-0.05, 0) is 12.1 Å². The summed E-state index contributed by atoms with van der Waals surface area (Å²) < 4.78 is 31.7. The molecule has 1 heterocycles. The monoisotopic (exact) mass is 353 g/mol. The molecule has 2 rings (SSSR count). The number of hydrogen-bond donors (Lipinski definition) is 0. The lowest BCUT2D eigenvalue weighted by Gasteiger charge is -2.31. The highest BCUT2D eigenvalue weighted by molar-refractivity contribution is 9.09. The molecule has 0 aliphatic carbocycles. The fourth-order valence-corrected chi connectivity index (χ4v) is 4.14. The second kappa shape index (κ2) is 5.88. The molecule has 0 N–H and O–H groups in total. The van der Waals surface area contributed by atoms with Gasteiger partial charge in [-0.3, -0.25) is 0 Å². The Morgan fingerprint density at radius 3 is 2.83 bits per heavy atom. The highest BCUT2D eigenvalue weighted by Gasteiger charge is 2.31. The Kier molecular flexibility index (Phi) is 4.66. The van der Waals surface area contributed by atoms with E-state index in [1.807, 2.05) is 0 Å². The van der Waals surface area contributed by atoms with Crippen LogP contribution < -0.4 is 0 Å². The van der Waals surface area contributed by atoms with Crippen LogP contribution in [-0.4, -0.2) is 43.9 Å². The van der Waals surface area contributed by atoms with E-state index in [9.17, 15) is 8.42 Å². The first-order chi connectivity index (χ1) is 8.55. The van der Waals surface area contributed by atoms with Gasteiger partial charge in [0.1, 0.15) is 4.90 Å². The average Bonchev–Trinajstić information content (AvgIpc) is 2.39. The quantitative estimate of drug-likeness (QED) is 0.781. The van der Waals surface area contributed by atoms with Crippen LogP contribution in [0, 0.1) is 0 Å². The minimum atomic E-state index is -3.54. The summed E-state index contributed by atoms with van der Waals surface area (Å²) in [6.07, 6.45) is -0.115. The van der Waals surface area contributed by atoms with Crippen LogP contribution in [-0.2, 0) is 14.8 Å². The third-order valence-electron chi connectivity index (χ3n) is 2.73. The Balaban J connectivity index is 2.29.